The van der Waals surface area contributed by atoms with Crippen molar-refractivity contribution in [3.05, 3.63) is 41.0 Å². The van der Waals surface area contributed by atoms with E-state index >= 15 is 0 Å². The van der Waals surface area contributed by atoms with Crippen molar-refractivity contribution in [3.8, 4) is 0 Å². The van der Waals surface area contributed by atoms with Crippen molar-refractivity contribution in [1.29, 1.82) is 0 Å². The maximum atomic E-state index is 12.2. The Morgan fingerprint density at radius 1 is 1.37 bits per heavy atom. The van der Waals surface area contributed by atoms with Crippen LogP contribution in [0.5, 0.6) is 0 Å². The van der Waals surface area contributed by atoms with Gasteiger partial charge in [-0.1, -0.05) is 38.1 Å². The van der Waals surface area contributed by atoms with Crippen molar-refractivity contribution in [2.24, 2.45) is 11.1 Å². The molecular weight excluding hydrogens is 238 g/mol. The standard InChI is InChI=1S/C16H21NO2/c1-4-16(3)10-11-8-6-7-9-12(11)14(17)13(16)15(18)19-5-2/h6-9H,4-5,10,17H2,1-3H3. The molecule has 1 unspecified atom stereocenters. The van der Waals surface area contributed by atoms with Gasteiger partial charge in [-0.3, -0.25) is 0 Å². The van der Waals surface area contributed by atoms with Gasteiger partial charge in [0.25, 0.3) is 0 Å². The van der Waals surface area contributed by atoms with Gasteiger partial charge in [0, 0.05) is 11.0 Å². The third-order valence-electron chi connectivity index (χ3n) is 4.02. The van der Waals surface area contributed by atoms with Crippen molar-refractivity contribution >= 4 is 11.7 Å². The molecule has 19 heavy (non-hydrogen) atoms. The lowest BCUT2D eigenvalue weighted by molar-refractivity contribution is -0.139. The van der Waals surface area contributed by atoms with Crippen LogP contribution in [0.4, 0.5) is 0 Å². The molecule has 0 heterocycles. The predicted octanol–water partition coefficient (Wildman–Crippen LogP) is 2.89. The van der Waals surface area contributed by atoms with Crippen molar-refractivity contribution < 1.29 is 9.53 Å². The Balaban J connectivity index is 2.59. The van der Waals surface area contributed by atoms with Gasteiger partial charge in [-0.25, -0.2) is 4.79 Å². The molecule has 3 heteroatoms. The van der Waals surface area contributed by atoms with E-state index in [2.05, 4.69) is 19.9 Å². The molecule has 1 aromatic carbocycles. The number of carbonyl (C=O) groups is 1. The fraction of sp³-hybridized carbons (Fsp3) is 0.438. The van der Waals surface area contributed by atoms with Crippen LogP contribution in [0, 0.1) is 5.41 Å². The van der Waals surface area contributed by atoms with E-state index in [1.165, 1.54) is 5.56 Å². The predicted molar refractivity (Wildman–Crippen MR) is 76.3 cm³/mol. The largest absolute Gasteiger partial charge is 0.463 e. The molecule has 0 saturated heterocycles. The van der Waals surface area contributed by atoms with E-state index < -0.39 is 0 Å². The summed E-state index contributed by atoms with van der Waals surface area (Å²) in [6.07, 6.45) is 1.69. The topological polar surface area (TPSA) is 52.3 Å². The normalized spacial score (nSPS) is 22.1. The number of hydrogen-bond donors (Lipinski definition) is 1. The first-order valence-corrected chi connectivity index (χ1v) is 6.79. The van der Waals surface area contributed by atoms with Gasteiger partial charge in [0.2, 0.25) is 0 Å². The molecule has 0 aromatic heterocycles. The average Bonchev–Trinajstić information content (AvgIpc) is 2.39. The average molecular weight is 259 g/mol. The maximum absolute atomic E-state index is 12.2. The maximum Gasteiger partial charge on any atom is 0.336 e. The number of rotatable bonds is 3. The minimum Gasteiger partial charge on any atom is -0.463 e. The highest BCUT2D eigenvalue weighted by molar-refractivity contribution is 5.99. The van der Waals surface area contributed by atoms with E-state index in [-0.39, 0.29) is 11.4 Å². The van der Waals surface area contributed by atoms with Crippen LogP contribution in [0.25, 0.3) is 5.70 Å². The van der Waals surface area contributed by atoms with Crippen LogP contribution in [-0.4, -0.2) is 12.6 Å². The van der Waals surface area contributed by atoms with Crippen LogP contribution in [0.1, 0.15) is 38.3 Å². The molecule has 0 radical (unpaired) electrons. The van der Waals surface area contributed by atoms with Gasteiger partial charge in [0.15, 0.2) is 0 Å². The number of nitrogens with two attached hydrogens (primary N) is 1. The van der Waals surface area contributed by atoms with Crippen LogP contribution >= 0.6 is 0 Å². The van der Waals surface area contributed by atoms with Crippen molar-refractivity contribution in [3.63, 3.8) is 0 Å². The molecule has 102 valence electrons. The van der Waals surface area contributed by atoms with E-state index in [1.807, 2.05) is 25.1 Å². The molecule has 1 aliphatic carbocycles. The quantitative estimate of drug-likeness (QED) is 0.849. The Morgan fingerprint density at radius 2 is 2.05 bits per heavy atom. The van der Waals surface area contributed by atoms with Gasteiger partial charge in [0.05, 0.1) is 17.9 Å². The molecule has 0 fully saturated rings. The fourth-order valence-electron chi connectivity index (χ4n) is 2.77. The molecule has 0 bridgehead atoms. The molecule has 0 saturated carbocycles. The number of ether oxygens (including phenoxy) is 1. The zero-order valence-electron chi connectivity index (χ0n) is 11.8. The smallest absolute Gasteiger partial charge is 0.336 e. The van der Waals surface area contributed by atoms with Crippen LogP contribution in [0.3, 0.4) is 0 Å². The monoisotopic (exact) mass is 259 g/mol. The Bertz CT molecular complexity index is 533. The molecule has 1 atom stereocenters. The SMILES string of the molecule is CCOC(=O)C1=C(N)c2ccccc2CC1(C)CC. The Labute approximate surface area is 114 Å². The van der Waals surface area contributed by atoms with Crippen LogP contribution in [0.2, 0.25) is 0 Å². The lowest BCUT2D eigenvalue weighted by Crippen LogP contribution is -2.34. The summed E-state index contributed by atoms with van der Waals surface area (Å²) in [5.74, 6) is -0.279. The first-order valence-electron chi connectivity index (χ1n) is 6.79. The highest BCUT2D eigenvalue weighted by atomic mass is 16.5. The van der Waals surface area contributed by atoms with Gasteiger partial charge in [-0.15, -0.1) is 0 Å². The summed E-state index contributed by atoms with van der Waals surface area (Å²) < 4.78 is 5.19. The molecule has 0 amide bonds. The van der Waals surface area contributed by atoms with Crippen molar-refractivity contribution in [2.75, 3.05) is 6.61 Å². The summed E-state index contributed by atoms with van der Waals surface area (Å²) in [5, 5.41) is 0. The zero-order valence-corrected chi connectivity index (χ0v) is 11.8. The number of carbonyl (C=O) groups excluding carboxylic acids is 1. The van der Waals surface area contributed by atoms with E-state index in [0.29, 0.717) is 17.9 Å². The number of fused-ring (bicyclic) bond motifs is 1. The van der Waals surface area contributed by atoms with E-state index in [0.717, 1.165) is 18.4 Å². The third-order valence-corrected chi connectivity index (χ3v) is 4.02. The lowest BCUT2D eigenvalue weighted by atomic mass is 9.69. The minimum atomic E-state index is -0.279. The van der Waals surface area contributed by atoms with Crippen LogP contribution < -0.4 is 5.73 Å². The highest BCUT2D eigenvalue weighted by Gasteiger charge is 2.39. The highest BCUT2D eigenvalue weighted by Crippen LogP contribution is 2.43. The van der Waals surface area contributed by atoms with Gasteiger partial charge in [0.1, 0.15) is 0 Å². The number of esters is 1. The first-order chi connectivity index (χ1) is 9.03. The third kappa shape index (κ3) is 2.25. The fourth-order valence-corrected chi connectivity index (χ4v) is 2.77. The summed E-state index contributed by atoms with van der Waals surface area (Å²) >= 11 is 0. The summed E-state index contributed by atoms with van der Waals surface area (Å²) in [6.45, 7) is 6.36. The van der Waals surface area contributed by atoms with Crippen molar-refractivity contribution in [1.82, 2.24) is 0 Å². The zero-order chi connectivity index (χ0) is 14.0. The summed E-state index contributed by atoms with van der Waals surface area (Å²) in [7, 11) is 0. The van der Waals surface area contributed by atoms with Gasteiger partial charge < -0.3 is 10.5 Å². The molecule has 0 spiro atoms. The molecule has 2 rings (SSSR count). The van der Waals surface area contributed by atoms with Crippen LogP contribution in [0.15, 0.2) is 29.8 Å². The molecule has 1 aromatic rings. The van der Waals surface area contributed by atoms with Gasteiger partial charge >= 0.3 is 5.97 Å². The minimum absolute atomic E-state index is 0.245. The Hall–Kier alpha value is -1.77. The van der Waals surface area contributed by atoms with E-state index in [9.17, 15) is 4.79 Å². The van der Waals surface area contributed by atoms with Crippen molar-refractivity contribution in [2.45, 2.75) is 33.6 Å². The van der Waals surface area contributed by atoms with Crippen LogP contribution in [-0.2, 0) is 16.0 Å². The number of hydrogen-bond acceptors (Lipinski definition) is 3. The molecule has 3 nitrogen and oxygen atoms in total. The van der Waals surface area contributed by atoms with Gasteiger partial charge in [-0.2, -0.15) is 0 Å². The second-order valence-electron chi connectivity index (χ2n) is 5.26. The van der Waals surface area contributed by atoms with E-state index in [1.54, 1.807) is 0 Å². The lowest BCUT2D eigenvalue weighted by Gasteiger charge is -2.36. The summed E-state index contributed by atoms with van der Waals surface area (Å²) in [4.78, 5) is 12.2. The Kier molecular flexibility index (Phi) is 3.65. The second-order valence-corrected chi connectivity index (χ2v) is 5.26. The molecule has 1 aliphatic rings. The molecule has 0 aliphatic heterocycles. The molecule has 2 N–H and O–H groups in total. The first kappa shape index (κ1) is 13.7. The van der Waals surface area contributed by atoms with Gasteiger partial charge in [-0.05, 0) is 25.3 Å². The number of benzene rings is 1. The molecular formula is C16H21NO2. The second kappa shape index (κ2) is 5.08. The Morgan fingerprint density at radius 3 is 2.68 bits per heavy atom. The summed E-state index contributed by atoms with van der Waals surface area (Å²) in [6, 6.07) is 8.01. The summed E-state index contributed by atoms with van der Waals surface area (Å²) in [5.41, 5.74) is 9.39. The van der Waals surface area contributed by atoms with E-state index in [4.69, 9.17) is 10.5 Å².